The summed E-state index contributed by atoms with van der Waals surface area (Å²) in [6.45, 7) is 0.0317. The van der Waals surface area contributed by atoms with Gasteiger partial charge in [0.05, 0.1) is 17.6 Å². The van der Waals surface area contributed by atoms with Crippen LogP contribution < -0.4 is 5.01 Å². The fourth-order valence-corrected chi connectivity index (χ4v) is 1.33. The van der Waals surface area contributed by atoms with Crippen molar-refractivity contribution in [1.82, 2.24) is 0 Å². The minimum atomic E-state index is 0.0317. The van der Waals surface area contributed by atoms with Crippen molar-refractivity contribution >= 4 is 5.69 Å². The van der Waals surface area contributed by atoms with Crippen molar-refractivity contribution in [2.75, 3.05) is 18.7 Å². The van der Waals surface area contributed by atoms with E-state index >= 15 is 0 Å². The Hall–Kier alpha value is -1.68. The molecule has 1 rings (SSSR count). The van der Waals surface area contributed by atoms with Gasteiger partial charge in [-0.3, -0.25) is 0 Å². The van der Waals surface area contributed by atoms with Crippen LogP contribution in [0.1, 0.15) is 5.56 Å². The van der Waals surface area contributed by atoms with Gasteiger partial charge in [-0.2, -0.15) is 0 Å². The van der Waals surface area contributed by atoms with Crippen LogP contribution in [0.2, 0.25) is 0 Å². The van der Waals surface area contributed by atoms with Gasteiger partial charge in [0.15, 0.2) is 0 Å². The largest absolute Gasteiger partial charge is 0.392 e. The van der Waals surface area contributed by atoms with E-state index < -0.39 is 0 Å². The number of hydrogen-bond donors (Lipinski definition) is 1. The van der Waals surface area contributed by atoms with E-state index in [1.807, 2.05) is 30.3 Å². The molecule has 1 aromatic carbocycles. The second-order valence-electron chi connectivity index (χ2n) is 3.09. The minimum absolute atomic E-state index is 0.0317. The third-order valence-corrected chi connectivity index (χ3v) is 2.07. The van der Waals surface area contributed by atoms with Gasteiger partial charge in [0, 0.05) is 7.05 Å². The second-order valence-corrected chi connectivity index (χ2v) is 3.09. The second kappa shape index (κ2) is 5.93. The molecular weight excluding hydrogens is 192 g/mol. The zero-order valence-electron chi connectivity index (χ0n) is 8.63. The van der Waals surface area contributed by atoms with Gasteiger partial charge >= 0.3 is 0 Å². The summed E-state index contributed by atoms with van der Waals surface area (Å²) in [5.74, 6) is 0. The van der Waals surface area contributed by atoms with Crippen LogP contribution in [0.5, 0.6) is 0 Å². The zero-order valence-corrected chi connectivity index (χ0v) is 8.63. The third-order valence-electron chi connectivity index (χ3n) is 2.07. The summed E-state index contributed by atoms with van der Waals surface area (Å²) in [5.41, 5.74) is 1.79. The summed E-state index contributed by atoms with van der Waals surface area (Å²) in [4.78, 5) is 10.4. The Labute approximate surface area is 88.8 Å². The Bertz CT molecular complexity index is 350. The SMILES string of the molecule is CN(N=O)c1ccccc1C/C=C/CO. The first-order valence-electron chi connectivity index (χ1n) is 4.70. The first-order valence-corrected chi connectivity index (χ1v) is 4.70. The highest BCUT2D eigenvalue weighted by molar-refractivity contribution is 5.52. The molecule has 15 heavy (non-hydrogen) atoms. The monoisotopic (exact) mass is 206 g/mol. The Morgan fingerprint density at radius 3 is 2.80 bits per heavy atom. The number of aliphatic hydroxyl groups excluding tert-OH is 1. The molecule has 4 nitrogen and oxygen atoms in total. The van der Waals surface area contributed by atoms with Crippen molar-refractivity contribution < 1.29 is 5.11 Å². The molecule has 1 N–H and O–H groups in total. The molecule has 1 aromatic rings. The van der Waals surface area contributed by atoms with Crippen molar-refractivity contribution in [2.45, 2.75) is 6.42 Å². The fourth-order valence-electron chi connectivity index (χ4n) is 1.33. The van der Waals surface area contributed by atoms with Crippen LogP contribution in [0.3, 0.4) is 0 Å². The average molecular weight is 206 g/mol. The molecule has 0 spiro atoms. The lowest BCUT2D eigenvalue weighted by atomic mass is 10.1. The van der Waals surface area contributed by atoms with Crippen molar-refractivity contribution in [3.8, 4) is 0 Å². The van der Waals surface area contributed by atoms with Crippen molar-refractivity contribution in [3.63, 3.8) is 0 Å². The lowest BCUT2D eigenvalue weighted by Crippen LogP contribution is -2.09. The molecule has 0 radical (unpaired) electrons. The molecule has 0 aliphatic carbocycles. The number of benzene rings is 1. The van der Waals surface area contributed by atoms with Gasteiger partial charge in [-0.25, -0.2) is 5.01 Å². The number of hydrogen-bond acceptors (Lipinski definition) is 3. The van der Waals surface area contributed by atoms with Crippen LogP contribution in [0, 0.1) is 4.91 Å². The van der Waals surface area contributed by atoms with Crippen molar-refractivity contribution in [2.24, 2.45) is 5.29 Å². The third kappa shape index (κ3) is 3.18. The molecule has 0 fully saturated rings. The van der Waals surface area contributed by atoms with Crippen LogP contribution in [-0.4, -0.2) is 18.8 Å². The Kier molecular flexibility index (Phi) is 4.50. The number of anilines is 1. The van der Waals surface area contributed by atoms with Crippen LogP contribution in [0.25, 0.3) is 0 Å². The molecule has 0 atom stereocenters. The minimum Gasteiger partial charge on any atom is -0.392 e. The quantitative estimate of drug-likeness (QED) is 0.454. The van der Waals surface area contributed by atoms with E-state index in [1.165, 1.54) is 5.01 Å². The number of allylic oxidation sites excluding steroid dienone is 1. The maximum Gasteiger partial charge on any atom is 0.0658 e. The molecule has 0 aromatic heterocycles. The molecule has 0 aliphatic heterocycles. The van der Waals surface area contributed by atoms with Gasteiger partial charge in [-0.1, -0.05) is 30.4 Å². The molecule has 0 amide bonds. The summed E-state index contributed by atoms with van der Waals surface area (Å²) in [7, 11) is 1.61. The van der Waals surface area contributed by atoms with Gasteiger partial charge in [-0.05, 0) is 18.1 Å². The van der Waals surface area contributed by atoms with Crippen LogP contribution in [0.15, 0.2) is 41.7 Å². The highest BCUT2D eigenvalue weighted by Gasteiger charge is 2.04. The van der Waals surface area contributed by atoms with Gasteiger partial charge in [0.1, 0.15) is 0 Å². The highest BCUT2D eigenvalue weighted by atomic mass is 16.3. The van der Waals surface area contributed by atoms with Gasteiger partial charge in [0.25, 0.3) is 0 Å². The zero-order chi connectivity index (χ0) is 11.1. The maximum absolute atomic E-state index is 10.4. The van der Waals surface area contributed by atoms with Crippen LogP contribution >= 0.6 is 0 Å². The highest BCUT2D eigenvalue weighted by Crippen LogP contribution is 2.19. The van der Waals surface area contributed by atoms with Crippen LogP contribution in [-0.2, 0) is 6.42 Å². The first kappa shape index (κ1) is 11.4. The summed E-state index contributed by atoms with van der Waals surface area (Å²) >= 11 is 0. The van der Waals surface area contributed by atoms with E-state index in [0.29, 0.717) is 6.42 Å². The summed E-state index contributed by atoms with van der Waals surface area (Å²) < 4.78 is 0. The summed E-state index contributed by atoms with van der Waals surface area (Å²) in [6, 6.07) is 7.53. The molecule has 4 heteroatoms. The Morgan fingerprint density at radius 1 is 1.40 bits per heavy atom. The lowest BCUT2D eigenvalue weighted by Gasteiger charge is -2.12. The fraction of sp³-hybridized carbons (Fsp3) is 0.273. The van der Waals surface area contributed by atoms with E-state index in [0.717, 1.165) is 11.3 Å². The van der Waals surface area contributed by atoms with E-state index in [9.17, 15) is 4.91 Å². The summed E-state index contributed by atoms with van der Waals surface area (Å²) in [5, 5.41) is 12.8. The molecule has 0 saturated carbocycles. The molecular formula is C11H14N2O2. The number of rotatable bonds is 5. The predicted molar refractivity (Wildman–Crippen MR) is 60.6 cm³/mol. The van der Waals surface area contributed by atoms with E-state index in [-0.39, 0.29) is 6.61 Å². The first-order chi connectivity index (χ1) is 7.29. The van der Waals surface area contributed by atoms with Gasteiger partial charge in [0.2, 0.25) is 0 Å². The maximum atomic E-state index is 10.4. The number of aliphatic hydroxyl groups is 1. The molecule has 0 unspecified atom stereocenters. The number of para-hydroxylation sites is 1. The molecule has 0 aliphatic rings. The molecule has 0 saturated heterocycles. The lowest BCUT2D eigenvalue weighted by molar-refractivity contribution is 0.342. The standard InChI is InChI=1S/C11H14N2O2/c1-13(12-15)11-8-3-2-6-10(11)7-4-5-9-14/h2-6,8,14H,7,9H2,1H3/b5-4+. The smallest absolute Gasteiger partial charge is 0.0658 e. The molecule has 0 bridgehead atoms. The van der Waals surface area contributed by atoms with E-state index in [4.69, 9.17) is 5.11 Å². The topological polar surface area (TPSA) is 52.9 Å². The van der Waals surface area contributed by atoms with Gasteiger partial charge in [-0.15, -0.1) is 4.91 Å². The number of nitrogens with zero attached hydrogens (tertiary/aromatic N) is 2. The Balaban J connectivity index is 2.86. The van der Waals surface area contributed by atoms with Gasteiger partial charge < -0.3 is 5.11 Å². The normalized spacial score (nSPS) is 10.5. The summed E-state index contributed by atoms with van der Waals surface area (Å²) in [6.07, 6.45) is 4.21. The number of nitroso groups, excluding NO2 is 1. The average Bonchev–Trinajstić information content (AvgIpc) is 2.29. The van der Waals surface area contributed by atoms with E-state index in [2.05, 4.69) is 5.29 Å². The predicted octanol–water partition coefficient (Wildman–Crippen LogP) is 1.90. The molecule has 0 heterocycles. The van der Waals surface area contributed by atoms with Crippen molar-refractivity contribution in [3.05, 3.63) is 46.9 Å². The Morgan fingerprint density at radius 2 is 2.13 bits per heavy atom. The molecule has 80 valence electrons. The van der Waals surface area contributed by atoms with E-state index in [1.54, 1.807) is 13.1 Å². The van der Waals surface area contributed by atoms with Crippen LogP contribution in [0.4, 0.5) is 5.69 Å². The van der Waals surface area contributed by atoms with Crippen molar-refractivity contribution in [1.29, 1.82) is 0 Å².